The molecule has 0 fully saturated rings. The molecule has 0 saturated heterocycles. The molecule has 0 bridgehead atoms. The molecule has 2 rings (SSSR count). The van der Waals surface area contributed by atoms with Crippen molar-refractivity contribution in [2.45, 2.75) is 33.1 Å². The Labute approximate surface area is 103 Å². The van der Waals surface area contributed by atoms with Gasteiger partial charge in [0.1, 0.15) is 0 Å². The average molecular weight is 230 g/mol. The summed E-state index contributed by atoms with van der Waals surface area (Å²) in [5, 5.41) is 1.37. The molecular weight excluding hydrogens is 208 g/mol. The zero-order chi connectivity index (χ0) is 12.8. The second-order valence-electron chi connectivity index (χ2n) is 5.72. The van der Waals surface area contributed by atoms with Gasteiger partial charge in [-0.2, -0.15) is 0 Å². The number of aryl methyl sites for hydroxylation is 3. The molecule has 0 saturated carbocycles. The van der Waals surface area contributed by atoms with Gasteiger partial charge in [-0.3, -0.25) is 0 Å². The highest BCUT2D eigenvalue weighted by Gasteiger charge is 2.24. The average Bonchev–Trinajstić information content (AvgIpc) is 2.57. The van der Waals surface area contributed by atoms with Crippen LogP contribution >= 0.6 is 0 Å². The van der Waals surface area contributed by atoms with E-state index in [1.54, 1.807) is 0 Å². The van der Waals surface area contributed by atoms with E-state index in [1.165, 1.54) is 27.6 Å². The molecule has 0 radical (unpaired) electrons. The standard InChI is InChI=1S/C15H22N2/c1-10-6-11(2)14-12(15(3,4)9-16)8-17(5)13(14)7-10/h6-8H,9,16H2,1-5H3. The Hall–Kier alpha value is -1.28. The molecule has 17 heavy (non-hydrogen) atoms. The van der Waals surface area contributed by atoms with Crippen molar-refractivity contribution >= 4 is 10.9 Å². The monoisotopic (exact) mass is 230 g/mol. The Morgan fingerprint density at radius 1 is 1.24 bits per heavy atom. The van der Waals surface area contributed by atoms with E-state index in [-0.39, 0.29) is 5.41 Å². The molecular formula is C15H22N2. The second kappa shape index (κ2) is 3.88. The smallest absolute Gasteiger partial charge is 0.0486 e. The van der Waals surface area contributed by atoms with Crippen LogP contribution in [0.4, 0.5) is 0 Å². The fraction of sp³-hybridized carbons (Fsp3) is 0.467. The summed E-state index contributed by atoms with van der Waals surface area (Å²) in [6.45, 7) is 9.42. The van der Waals surface area contributed by atoms with Crippen molar-refractivity contribution in [3.05, 3.63) is 35.0 Å². The molecule has 1 aromatic carbocycles. The summed E-state index contributed by atoms with van der Waals surface area (Å²) < 4.78 is 2.21. The number of hydrogen-bond acceptors (Lipinski definition) is 1. The third-order valence-corrected chi connectivity index (χ3v) is 3.67. The maximum Gasteiger partial charge on any atom is 0.0486 e. The van der Waals surface area contributed by atoms with Gasteiger partial charge in [-0.05, 0) is 36.6 Å². The van der Waals surface area contributed by atoms with Crippen molar-refractivity contribution < 1.29 is 0 Å². The van der Waals surface area contributed by atoms with Crippen LogP contribution in [-0.2, 0) is 12.5 Å². The first-order valence-corrected chi connectivity index (χ1v) is 6.13. The first kappa shape index (κ1) is 12.2. The van der Waals surface area contributed by atoms with E-state index in [4.69, 9.17) is 5.73 Å². The minimum absolute atomic E-state index is 0.0273. The minimum Gasteiger partial charge on any atom is -0.350 e. The maximum absolute atomic E-state index is 5.91. The fourth-order valence-electron chi connectivity index (χ4n) is 2.52. The predicted molar refractivity (Wildman–Crippen MR) is 74.5 cm³/mol. The summed E-state index contributed by atoms with van der Waals surface area (Å²) in [6, 6.07) is 4.50. The lowest BCUT2D eigenvalue weighted by atomic mass is 9.83. The van der Waals surface area contributed by atoms with Gasteiger partial charge in [-0.1, -0.05) is 19.9 Å². The van der Waals surface area contributed by atoms with Gasteiger partial charge in [0, 0.05) is 36.1 Å². The molecule has 92 valence electrons. The van der Waals surface area contributed by atoms with Gasteiger partial charge >= 0.3 is 0 Å². The molecule has 0 atom stereocenters. The van der Waals surface area contributed by atoms with E-state index in [0.717, 1.165) is 0 Å². The zero-order valence-corrected chi connectivity index (χ0v) is 11.5. The van der Waals surface area contributed by atoms with Gasteiger partial charge in [0.25, 0.3) is 0 Å². The van der Waals surface area contributed by atoms with Crippen LogP contribution in [0.1, 0.15) is 30.5 Å². The Balaban J connectivity index is 2.84. The normalized spacial score (nSPS) is 12.4. The van der Waals surface area contributed by atoms with Gasteiger partial charge in [0.2, 0.25) is 0 Å². The summed E-state index contributed by atoms with van der Waals surface area (Å²) in [5.41, 5.74) is 11.3. The number of fused-ring (bicyclic) bond motifs is 1. The predicted octanol–water partition coefficient (Wildman–Crippen LogP) is 3.03. The number of rotatable bonds is 2. The Kier molecular flexibility index (Phi) is 2.78. The Morgan fingerprint density at radius 3 is 2.47 bits per heavy atom. The SMILES string of the molecule is Cc1cc(C)c2c(C(C)(C)CN)cn(C)c2c1. The lowest BCUT2D eigenvalue weighted by molar-refractivity contribution is 0.542. The molecule has 1 heterocycles. The summed E-state index contributed by atoms with van der Waals surface area (Å²) in [4.78, 5) is 0. The van der Waals surface area contributed by atoms with Gasteiger partial charge in [-0.15, -0.1) is 0 Å². The van der Waals surface area contributed by atoms with Crippen molar-refractivity contribution in [2.75, 3.05) is 6.54 Å². The van der Waals surface area contributed by atoms with Gasteiger partial charge in [0.15, 0.2) is 0 Å². The second-order valence-corrected chi connectivity index (χ2v) is 5.72. The quantitative estimate of drug-likeness (QED) is 0.844. The molecule has 2 heteroatoms. The highest BCUT2D eigenvalue weighted by molar-refractivity contribution is 5.88. The summed E-state index contributed by atoms with van der Waals surface area (Å²) in [6.07, 6.45) is 2.23. The summed E-state index contributed by atoms with van der Waals surface area (Å²) in [7, 11) is 2.11. The van der Waals surface area contributed by atoms with Crippen LogP contribution < -0.4 is 5.73 Å². The van der Waals surface area contributed by atoms with Crippen LogP contribution in [-0.4, -0.2) is 11.1 Å². The van der Waals surface area contributed by atoms with Crippen LogP contribution in [0.15, 0.2) is 18.3 Å². The van der Waals surface area contributed by atoms with E-state index in [2.05, 4.69) is 57.6 Å². The van der Waals surface area contributed by atoms with Crippen LogP contribution in [0.25, 0.3) is 10.9 Å². The molecule has 2 aromatic rings. The lowest BCUT2D eigenvalue weighted by Crippen LogP contribution is -2.27. The minimum atomic E-state index is 0.0273. The topological polar surface area (TPSA) is 30.9 Å². The van der Waals surface area contributed by atoms with Crippen LogP contribution in [0.3, 0.4) is 0 Å². The fourth-order valence-corrected chi connectivity index (χ4v) is 2.52. The zero-order valence-electron chi connectivity index (χ0n) is 11.5. The number of hydrogen-bond donors (Lipinski definition) is 1. The molecule has 0 aliphatic rings. The van der Waals surface area contributed by atoms with Crippen molar-refractivity contribution in [1.29, 1.82) is 0 Å². The van der Waals surface area contributed by atoms with Crippen LogP contribution in [0, 0.1) is 13.8 Å². The molecule has 0 spiro atoms. The van der Waals surface area contributed by atoms with Crippen LogP contribution in [0.2, 0.25) is 0 Å². The Morgan fingerprint density at radius 2 is 1.88 bits per heavy atom. The van der Waals surface area contributed by atoms with Crippen molar-refractivity contribution in [3.63, 3.8) is 0 Å². The molecule has 0 aliphatic heterocycles. The van der Waals surface area contributed by atoms with Crippen molar-refractivity contribution in [3.8, 4) is 0 Å². The van der Waals surface area contributed by atoms with E-state index in [9.17, 15) is 0 Å². The third kappa shape index (κ3) is 1.87. The first-order valence-electron chi connectivity index (χ1n) is 6.13. The summed E-state index contributed by atoms with van der Waals surface area (Å²) in [5.74, 6) is 0. The van der Waals surface area contributed by atoms with Crippen molar-refractivity contribution in [2.24, 2.45) is 12.8 Å². The van der Waals surface area contributed by atoms with Crippen molar-refractivity contribution in [1.82, 2.24) is 4.57 Å². The maximum atomic E-state index is 5.91. The van der Waals surface area contributed by atoms with E-state index in [1.807, 2.05) is 0 Å². The first-order chi connectivity index (χ1) is 7.86. The molecule has 0 unspecified atom stereocenters. The van der Waals surface area contributed by atoms with Crippen LogP contribution in [0.5, 0.6) is 0 Å². The van der Waals surface area contributed by atoms with Gasteiger partial charge < -0.3 is 10.3 Å². The highest BCUT2D eigenvalue weighted by atomic mass is 14.9. The van der Waals surface area contributed by atoms with Gasteiger partial charge in [0.05, 0.1) is 0 Å². The van der Waals surface area contributed by atoms with Gasteiger partial charge in [-0.25, -0.2) is 0 Å². The lowest BCUT2D eigenvalue weighted by Gasteiger charge is -2.22. The highest BCUT2D eigenvalue weighted by Crippen LogP contribution is 2.33. The number of benzene rings is 1. The largest absolute Gasteiger partial charge is 0.350 e. The van der Waals surface area contributed by atoms with E-state index < -0.39 is 0 Å². The molecule has 0 aliphatic carbocycles. The Bertz CT molecular complexity index is 562. The molecule has 1 aromatic heterocycles. The number of nitrogens with zero attached hydrogens (tertiary/aromatic N) is 1. The molecule has 2 nitrogen and oxygen atoms in total. The summed E-state index contributed by atoms with van der Waals surface area (Å²) >= 11 is 0. The number of aromatic nitrogens is 1. The molecule has 2 N–H and O–H groups in total. The van der Waals surface area contributed by atoms with E-state index in [0.29, 0.717) is 6.54 Å². The van der Waals surface area contributed by atoms with E-state index >= 15 is 0 Å². The molecule has 0 amide bonds. The third-order valence-electron chi connectivity index (χ3n) is 3.67. The number of nitrogens with two attached hydrogens (primary N) is 1.